The minimum atomic E-state index is -2.89. The minimum absolute atomic E-state index is 0.142. The monoisotopic (exact) mass is 161 g/mol. The second kappa shape index (κ2) is 2.37. The molecule has 1 rings (SSSR count). The van der Waals surface area contributed by atoms with Gasteiger partial charge in [0.1, 0.15) is 0 Å². The molecule has 1 aliphatic carbocycles. The first-order chi connectivity index (χ1) is 5.05. The van der Waals surface area contributed by atoms with Crippen molar-refractivity contribution in [3.8, 4) is 0 Å². The molecule has 0 aliphatic heterocycles. The molecule has 0 heterocycles. The molecule has 2 atom stereocenters. The van der Waals surface area contributed by atoms with Gasteiger partial charge in [-0.1, -0.05) is 6.58 Å². The molecule has 2 N–H and O–H groups in total. The predicted molar refractivity (Wildman–Crippen MR) is 36.2 cm³/mol. The van der Waals surface area contributed by atoms with Gasteiger partial charge < -0.3 is 5.73 Å². The first kappa shape index (κ1) is 8.33. The van der Waals surface area contributed by atoms with Gasteiger partial charge in [-0.05, 0) is 6.08 Å². The number of carbonyl (C=O) groups excluding carboxylic acids is 1. The Morgan fingerprint density at radius 3 is 2.55 bits per heavy atom. The minimum Gasteiger partial charge on any atom is -0.330 e. The Morgan fingerprint density at radius 1 is 1.73 bits per heavy atom. The lowest BCUT2D eigenvalue weighted by atomic mass is 10.2. The molecule has 62 valence electrons. The van der Waals surface area contributed by atoms with E-state index in [9.17, 15) is 13.6 Å². The van der Waals surface area contributed by atoms with Crippen LogP contribution < -0.4 is 5.73 Å². The lowest BCUT2D eigenvalue weighted by Gasteiger charge is -1.88. The summed E-state index contributed by atoms with van der Waals surface area (Å²) >= 11 is 0. The van der Waals surface area contributed by atoms with Crippen LogP contribution in [0.25, 0.3) is 0 Å². The van der Waals surface area contributed by atoms with E-state index in [1.165, 1.54) is 0 Å². The van der Waals surface area contributed by atoms with Crippen molar-refractivity contribution < 1.29 is 13.6 Å². The molecule has 0 aromatic heterocycles. The highest BCUT2D eigenvalue weighted by Gasteiger charge is 2.70. The molecule has 0 saturated heterocycles. The maximum absolute atomic E-state index is 12.5. The number of rotatable bonds is 3. The Hall–Kier alpha value is -0.770. The number of halogens is 2. The van der Waals surface area contributed by atoms with E-state index >= 15 is 0 Å². The second-order valence-corrected chi connectivity index (χ2v) is 2.60. The molecule has 4 heteroatoms. The molecule has 1 saturated carbocycles. The fraction of sp³-hybridized carbons (Fsp3) is 0.571. The van der Waals surface area contributed by atoms with E-state index in [4.69, 9.17) is 5.73 Å². The van der Waals surface area contributed by atoms with E-state index in [-0.39, 0.29) is 6.54 Å². The van der Waals surface area contributed by atoms with Gasteiger partial charge in [0.2, 0.25) is 0 Å². The smallest absolute Gasteiger partial charge is 0.263 e. The first-order valence-corrected chi connectivity index (χ1v) is 3.29. The maximum atomic E-state index is 12.5. The summed E-state index contributed by atoms with van der Waals surface area (Å²) in [6.45, 7) is 2.99. The summed E-state index contributed by atoms with van der Waals surface area (Å²) in [5, 5.41) is 0. The highest BCUT2D eigenvalue weighted by atomic mass is 19.3. The largest absolute Gasteiger partial charge is 0.330 e. The summed E-state index contributed by atoms with van der Waals surface area (Å²) < 4.78 is 25.1. The third kappa shape index (κ3) is 1.07. The number of alkyl halides is 2. The van der Waals surface area contributed by atoms with Crippen LogP contribution in [0.1, 0.15) is 0 Å². The quantitative estimate of drug-likeness (QED) is 0.615. The fourth-order valence-electron chi connectivity index (χ4n) is 1.20. The zero-order valence-corrected chi connectivity index (χ0v) is 5.89. The molecule has 0 radical (unpaired) electrons. The van der Waals surface area contributed by atoms with Gasteiger partial charge in [0, 0.05) is 6.54 Å². The van der Waals surface area contributed by atoms with Gasteiger partial charge in [-0.15, -0.1) is 0 Å². The van der Waals surface area contributed by atoms with Crippen molar-refractivity contribution in [3.63, 3.8) is 0 Å². The van der Waals surface area contributed by atoms with Gasteiger partial charge in [-0.3, -0.25) is 4.79 Å². The van der Waals surface area contributed by atoms with Crippen molar-refractivity contribution in [2.24, 2.45) is 17.6 Å². The Bertz CT molecular complexity index is 203. The van der Waals surface area contributed by atoms with Crippen molar-refractivity contribution in [1.29, 1.82) is 0 Å². The molecule has 0 amide bonds. The van der Waals surface area contributed by atoms with Crippen LogP contribution in [0, 0.1) is 11.8 Å². The number of hydrogen-bond acceptors (Lipinski definition) is 2. The Kier molecular flexibility index (Phi) is 1.80. The van der Waals surface area contributed by atoms with Crippen LogP contribution in [-0.4, -0.2) is 18.3 Å². The molecule has 0 aromatic rings. The molecule has 0 bridgehead atoms. The van der Waals surface area contributed by atoms with Crippen molar-refractivity contribution in [2.75, 3.05) is 6.54 Å². The maximum Gasteiger partial charge on any atom is 0.263 e. The zero-order chi connectivity index (χ0) is 8.65. The second-order valence-electron chi connectivity index (χ2n) is 2.60. The van der Waals surface area contributed by atoms with Crippen LogP contribution in [0.5, 0.6) is 0 Å². The normalized spacial score (nSPS) is 33.0. The summed E-state index contributed by atoms with van der Waals surface area (Å²) in [5.74, 6) is -5.66. The average molecular weight is 161 g/mol. The van der Waals surface area contributed by atoms with Crippen molar-refractivity contribution in [1.82, 2.24) is 0 Å². The van der Waals surface area contributed by atoms with E-state index in [0.717, 1.165) is 6.08 Å². The number of carbonyl (C=O) groups is 1. The standard InChI is InChI=1S/C7H9F2NO/c1-2-5(11)6-4(3-10)7(6,8)9/h2,4,6H,1,3,10H2/t4-,6-/m0/s1. The molecule has 0 aromatic carbocycles. The number of hydrogen-bond donors (Lipinski definition) is 1. The molecular weight excluding hydrogens is 152 g/mol. The summed E-state index contributed by atoms with van der Waals surface area (Å²) in [5.41, 5.74) is 5.03. The van der Waals surface area contributed by atoms with Gasteiger partial charge in [-0.2, -0.15) is 0 Å². The summed E-state index contributed by atoms with van der Waals surface area (Å²) in [7, 11) is 0. The zero-order valence-electron chi connectivity index (χ0n) is 5.89. The van der Waals surface area contributed by atoms with Crippen LogP contribution >= 0.6 is 0 Å². The van der Waals surface area contributed by atoms with Crippen LogP contribution in [0.15, 0.2) is 12.7 Å². The van der Waals surface area contributed by atoms with E-state index in [0.29, 0.717) is 0 Å². The number of allylic oxidation sites excluding steroid dienone is 1. The fourth-order valence-corrected chi connectivity index (χ4v) is 1.20. The molecule has 1 fully saturated rings. The van der Waals surface area contributed by atoms with Gasteiger partial charge >= 0.3 is 0 Å². The summed E-state index contributed by atoms with van der Waals surface area (Å²) in [6, 6.07) is 0. The Balaban J connectivity index is 2.65. The third-order valence-corrected chi connectivity index (χ3v) is 1.96. The average Bonchev–Trinajstić information content (AvgIpc) is 2.51. The highest BCUT2D eigenvalue weighted by molar-refractivity contribution is 5.94. The highest BCUT2D eigenvalue weighted by Crippen LogP contribution is 2.55. The molecule has 0 unspecified atom stereocenters. The van der Waals surface area contributed by atoms with E-state index in [2.05, 4.69) is 6.58 Å². The number of ketones is 1. The SMILES string of the molecule is C=CC(=O)[C@@H]1[C@H](CN)C1(F)F. The van der Waals surface area contributed by atoms with Crippen molar-refractivity contribution in [3.05, 3.63) is 12.7 Å². The van der Waals surface area contributed by atoms with Gasteiger partial charge in [-0.25, -0.2) is 8.78 Å². The molecule has 11 heavy (non-hydrogen) atoms. The number of nitrogens with two attached hydrogens (primary N) is 1. The van der Waals surface area contributed by atoms with Gasteiger partial charge in [0.15, 0.2) is 5.78 Å². The molecular formula is C7H9F2NO. The molecule has 2 nitrogen and oxygen atoms in total. The van der Waals surface area contributed by atoms with Crippen LogP contribution in [0.4, 0.5) is 8.78 Å². The summed E-state index contributed by atoms with van der Waals surface area (Å²) in [6.07, 6.45) is 0.925. The van der Waals surface area contributed by atoms with Crippen molar-refractivity contribution >= 4 is 5.78 Å². The third-order valence-electron chi connectivity index (χ3n) is 1.96. The van der Waals surface area contributed by atoms with Gasteiger partial charge in [0.05, 0.1) is 11.8 Å². The van der Waals surface area contributed by atoms with Crippen molar-refractivity contribution in [2.45, 2.75) is 5.92 Å². The molecule has 0 spiro atoms. The van der Waals surface area contributed by atoms with Crippen LogP contribution in [0.2, 0.25) is 0 Å². The molecule has 1 aliphatic rings. The Morgan fingerprint density at radius 2 is 2.27 bits per heavy atom. The van der Waals surface area contributed by atoms with E-state index in [1.54, 1.807) is 0 Å². The van der Waals surface area contributed by atoms with E-state index < -0.39 is 23.5 Å². The lowest BCUT2D eigenvalue weighted by Crippen LogP contribution is -2.07. The van der Waals surface area contributed by atoms with Crippen LogP contribution in [-0.2, 0) is 4.79 Å². The van der Waals surface area contributed by atoms with Gasteiger partial charge in [0.25, 0.3) is 5.92 Å². The first-order valence-electron chi connectivity index (χ1n) is 3.29. The summed E-state index contributed by atoms with van der Waals surface area (Å²) in [4.78, 5) is 10.7. The topological polar surface area (TPSA) is 43.1 Å². The lowest BCUT2D eigenvalue weighted by molar-refractivity contribution is -0.117. The van der Waals surface area contributed by atoms with E-state index in [1.807, 2.05) is 0 Å². The Labute approximate surface area is 63.1 Å². The predicted octanol–water partition coefficient (Wildman–Crippen LogP) is 0.582. The van der Waals surface area contributed by atoms with Crippen LogP contribution in [0.3, 0.4) is 0 Å².